The van der Waals surface area contributed by atoms with Crippen molar-refractivity contribution in [3.63, 3.8) is 0 Å². The lowest BCUT2D eigenvalue weighted by Crippen LogP contribution is -2.46. The Morgan fingerprint density at radius 2 is 2.04 bits per heavy atom. The standard InChI is InChI=1S/C22H28N4OS/c1-18(22(27)24-10-9-21-4-2-15-28-21)26-12-3-11-25(13-14-26)17-20-7-5-19(16-23)6-8-20/h2,4-8,15,18H,3,9-14,17H2,1H3,(H,24,27). The van der Waals surface area contributed by atoms with Gasteiger partial charge in [-0.3, -0.25) is 14.6 Å². The van der Waals surface area contributed by atoms with Crippen LogP contribution in [0.4, 0.5) is 0 Å². The number of thiophene rings is 1. The number of benzene rings is 1. The number of nitriles is 1. The monoisotopic (exact) mass is 396 g/mol. The Kier molecular flexibility index (Phi) is 7.61. The molecule has 6 heteroatoms. The number of rotatable bonds is 7. The van der Waals surface area contributed by atoms with Crippen LogP contribution in [0, 0.1) is 11.3 Å². The van der Waals surface area contributed by atoms with E-state index in [1.54, 1.807) is 11.3 Å². The minimum absolute atomic E-state index is 0.0989. The van der Waals surface area contributed by atoms with E-state index in [0.29, 0.717) is 12.1 Å². The van der Waals surface area contributed by atoms with Crippen LogP contribution in [0.1, 0.15) is 29.3 Å². The maximum Gasteiger partial charge on any atom is 0.237 e. The van der Waals surface area contributed by atoms with Crippen LogP contribution < -0.4 is 5.32 Å². The van der Waals surface area contributed by atoms with Crippen LogP contribution in [0.5, 0.6) is 0 Å². The van der Waals surface area contributed by atoms with E-state index in [0.717, 1.165) is 45.6 Å². The highest BCUT2D eigenvalue weighted by atomic mass is 32.1. The van der Waals surface area contributed by atoms with Crippen LogP contribution in [0.2, 0.25) is 0 Å². The molecule has 2 aromatic rings. The van der Waals surface area contributed by atoms with Crippen molar-refractivity contribution >= 4 is 17.2 Å². The first-order valence-corrected chi connectivity index (χ1v) is 10.8. The van der Waals surface area contributed by atoms with Crippen LogP contribution in [0.15, 0.2) is 41.8 Å². The molecule has 0 spiro atoms. The zero-order chi connectivity index (χ0) is 19.8. The highest BCUT2D eigenvalue weighted by molar-refractivity contribution is 7.09. The molecule has 1 fully saturated rings. The lowest BCUT2D eigenvalue weighted by Gasteiger charge is -2.27. The molecule has 3 rings (SSSR count). The second-order valence-corrected chi connectivity index (χ2v) is 8.30. The summed E-state index contributed by atoms with van der Waals surface area (Å²) in [5, 5.41) is 14.1. The minimum atomic E-state index is -0.0989. The maximum absolute atomic E-state index is 12.5. The lowest BCUT2D eigenvalue weighted by molar-refractivity contribution is -0.125. The molecular weight excluding hydrogens is 368 g/mol. The lowest BCUT2D eigenvalue weighted by atomic mass is 10.1. The van der Waals surface area contributed by atoms with E-state index >= 15 is 0 Å². The van der Waals surface area contributed by atoms with Crippen molar-refractivity contribution < 1.29 is 4.79 Å². The van der Waals surface area contributed by atoms with Crippen LogP contribution >= 0.6 is 11.3 Å². The summed E-state index contributed by atoms with van der Waals surface area (Å²) in [7, 11) is 0. The van der Waals surface area contributed by atoms with E-state index in [4.69, 9.17) is 5.26 Å². The van der Waals surface area contributed by atoms with Crippen molar-refractivity contribution in [1.29, 1.82) is 5.26 Å². The third-order valence-electron chi connectivity index (χ3n) is 5.29. The fourth-order valence-corrected chi connectivity index (χ4v) is 4.27. The van der Waals surface area contributed by atoms with Gasteiger partial charge in [0, 0.05) is 37.6 Å². The molecule has 5 nitrogen and oxygen atoms in total. The first-order chi connectivity index (χ1) is 13.7. The normalized spacial score (nSPS) is 16.9. The summed E-state index contributed by atoms with van der Waals surface area (Å²) < 4.78 is 0. The Hall–Kier alpha value is -2.20. The molecule has 0 radical (unpaired) electrons. The average molecular weight is 397 g/mol. The van der Waals surface area contributed by atoms with Crippen molar-refractivity contribution in [2.24, 2.45) is 0 Å². The van der Waals surface area contributed by atoms with Gasteiger partial charge in [0.15, 0.2) is 0 Å². The van der Waals surface area contributed by atoms with Gasteiger partial charge in [-0.2, -0.15) is 5.26 Å². The van der Waals surface area contributed by atoms with Crippen molar-refractivity contribution in [1.82, 2.24) is 15.1 Å². The number of amides is 1. The molecule has 0 aliphatic carbocycles. The number of carbonyl (C=O) groups is 1. The van der Waals surface area contributed by atoms with E-state index in [2.05, 4.69) is 32.6 Å². The number of carbonyl (C=O) groups excluding carboxylic acids is 1. The van der Waals surface area contributed by atoms with Gasteiger partial charge in [-0.25, -0.2) is 0 Å². The molecule has 1 aromatic heterocycles. The fourth-order valence-electron chi connectivity index (χ4n) is 3.56. The summed E-state index contributed by atoms with van der Waals surface area (Å²) in [6, 6.07) is 14.0. The van der Waals surface area contributed by atoms with Crippen molar-refractivity contribution in [3.8, 4) is 6.07 Å². The molecule has 1 aliphatic rings. The maximum atomic E-state index is 12.5. The molecule has 28 heavy (non-hydrogen) atoms. The summed E-state index contributed by atoms with van der Waals surface area (Å²) >= 11 is 1.73. The molecule has 1 amide bonds. The predicted molar refractivity (Wildman–Crippen MR) is 113 cm³/mol. The SMILES string of the molecule is CC(C(=O)NCCc1cccs1)N1CCCN(Cc2ccc(C#N)cc2)CC1. The molecule has 1 unspecified atom stereocenters. The van der Waals surface area contributed by atoms with Gasteiger partial charge in [-0.15, -0.1) is 11.3 Å². The predicted octanol–water partition coefficient (Wildman–Crippen LogP) is 2.87. The van der Waals surface area contributed by atoms with Gasteiger partial charge in [0.05, 0.1) is 17.7 Å². The smallest absolute Gasteiger partial charge is 0.237 e. The first kappa shape index (κ1) is 20.5. The van der Waals surface area contributed by atoms with Crippen molar-refractivity contribution in [3.05, 3.63) is 57.8 Å². The summed E-state index contributed by atoms with van der Waals surface area (Å²) in [5.41, 5.74) is 1.93. The molecule has 0 saturated carbocycles. The number of nitrogens with one attached hydrogen (secondary N) is 1. The zero-order valence-corrected chi connectivity index (χ0v) is 17.3. The van der Waals surface area contributed by atoms with Crippen molar-refractivity contribution in [2.45, 2.75) is 32.4 Å². The van der Waals surface area contributed by atoms with E-state index in [1.165, 1.54) is 10.4 Å². The molecule has 2 heterocycles. The fraction of sp³-hybridized carbons (Fsp3) is 0.455. The number of hydrogen-bond acceptors (Lipinski definition) is 5. The third-order valence-corrected chi connectivity index (χ3v) is 6.23. The van der Waals surface area contributed by atoms with Gasteiger partial charge in [-0.05, 0) is 55.5 Å². The molecule has 1 atom stereocenters. The Balaban J connectivity index is 1.44. The van der Waals surface area contributed by atoms with Gasteiger partial charge >= 0.3 is 0 Å². The molecule has 1 aromatic carbocycles. The topological polar surface area (TPSA) is 59.4 Å². The Morgan fingerprint density at radius 3 is 2.75 bits per heavy atom. The van der Waals surface area contributed by atoms with E-state index in [9.17, 15) is 4.79 Å². The van der Waals surface area contributed by atoms with Crippen LogP contribution in [-0.2, 0) is 17.8 Å². The zero-order valence-electron chi connectivity index (χ0n) is 16.4. The first-order valence-electron chi connectivity index (χ1n) is 9.91. The van der Waals surface area contributed by atoms with Gasteiger partial charge in [0.2, 0.25) is 5.91 Å². The molecule has 0 bridgehead atoms. The van der Waals surface area contributed by atoms with Gasteiger partial charge < -0.3 is 5.32 Å². The van der Waals surface area contributed by atoms with Crippen LogP contribution in [0.25, 0.3) is 0 Å². The number of nitrogens with zero attached hydrogens (tertiary/aromatic N) is 3. The third kappa shape index (κ3) is 5.90. The Bertz CT molecular complexity index is 782. The molecule has 1 N–H and O–H groups in total. The highest BCUT2D eigenvalue weighted by Crippen LogP contribution is 2.12. The molecule has 1 saturated heterocycles. The second-order valence-electron chi connectivity index (χ2n) is 7.27. The number of hydrogen-bond donors (Lipinski definition) is 1. The average Bonchev–Trinajstić information content (AvgIpc) is 3.13. The van der Waals surface area contributed by atoms with Gasteiger partial charge in [0.25, 0.3) is 0 Å². The van der Waals surface area contributed by atoms with E-state index in [1.807, 2.05) is 37.3 Å². The molecule has 1 aliphatic heterocycles. The quantitative estimate of drug-likeness (QED) is 0.782. The highest BCUT2D eigenvalue weighted by Gasteiger charge is 2.23. The molecule has 148 valence electrons. The summed E-state index contributed by atoms with van der Waals surface area (Å²) in [6.07, 6.45) is 1.96. The summed E-state index contributed by atoms with van der Waals surface area (Å²) in [5.74, 6) is 0.122. The largest absolute Gasteiger partial charge is 0.354 e. The van der Waals surface area contributed by atoms with Crippen LogP contribution in [0.3, 0.4) is 0 Å². The van der Waals surface area contributed by atoms with E-state index < -0.39 is 0 Å². The van der Waals surface area contributed by atoms with Crippen molar-refractivity contribution in [2.75, 3.05) is 32.7 Å². The Morgan fingerprint density at radius 1 is 1.21 bits per heavy atom. The molecular formula is C22H28N4OS. The second kappa shape index (κ2) is 10.4. The van der Waals surface area contributed by atoms with Gasteiger partial charge in [0.1, 0.15) is 0 Å². The Labute approximate surface area is 171 Å². The van der Waals surface area contributed by atoms with Gasteiger partial charge in [-0.1, -0.05) is 18.2 Å². The van der Waals surface area contributed by atoms with Crippen LogP contribution in [-0.4, -0.2) is 54.5 Å². The summed E-state index contributed by atoms with van der Waals surface area (Å²) in [4.78, 5) is 18.6. The minimum Gasteiger partial charge on any atom is -0.354 e. The summed E-state index contributed by atoms with van der Waals surface area (Å²) in [6.45, 7) is 7.43. The van der Waals surface area contributed by atoms with E-state index in [-0.39, 0.29) is 11.9 Å².